The molecule has 10 heteroatoms. The van der Waals surface area contributed by atoms with Crippen LogP contribution in [0, 0.1) is 0 Å². The second-order valence-corrected chi connectivity index (χ2v) is 5.99. The van der Waals surface area contributed by atoms with Crippen molar-refractivity contribution in [1.82, 2.24) is 24.0 Å². The molecule has 0 saturated heterocycles. The fraction of sp³-hybridized carbons (Fsp3) is 0.562. The minimum atomic E-state index is -0.490. The topological polar surface area (TPSA) is 117 Å². The van der Waals surface area contributed by atoms with Crippen molar-refractivity contribution < 1.29 is 14.3 Å². The smallest absolute Gasteiger partial charge is 0.332 e. The van der Waals surface area contributed by atoms with Crippen LogP contribution in [-0.2, 0) is 35.0 Å². The number of carbonyl (C=O) groups is 2. The number of ether oxygens (including phenoxy) is 1. The quantitative estimate of drug-likeness (QED) is 0.487. The van der Waals surface area contributed by atoms with Gasteiger partial charge in [-0.2, -0.15) is 0 Å². The van der Waals surface area contributed by atoms with Crippen molar-refractivity contribution >= 4 is 23.0 Å². The first kappa shape index (κ1) is 19.4. The first-order valence-corrected chi connectivity index (χ1v) is 8.31. The maximum Gasteiger partial charge on any atom is 0.332 e. The molecule has 0 aliphatic heterocycles. The fourth-order valence-corrected chi connectivity index (χ4v) is 2.63. The molecule has 0 spiro atoms. The van der Waals surface area contributed by atoms with Crippen molar-refractivity contribution in [3.05, 3.63) is 27.2 Å². The summed E-state index contributed by atoms with van der Waals surface area (Å²) in [5, 5.41) is 2.77. The number of fused-ring (bicyclic) bond motifs is 1. The van der Waals surface area contributed by atoms with E-state index in [0.29, 0.717) is 19.4 Å². The number of methoxy groups -OCH3 is 1. The molecule has 2 aromatic heterocycles. The average Bonchev–Trinajstić information content (AvgIpc) is 3.04. The predicted octanol–water partition coefficient (Wildman–Crippen LogP) is -0.717. The normalized spacial score (nSPS) is 10.9. The number of nitrogens with zero attached hydrogens (tertiary/aromatic N) is 4. The van der Waals surface area contributed by atoms with E-state index in [1.807, 2.05) is 0 Å². The second kappa shape index (κ2) is 8.45. The number of nitrogens with one attached hydrogen (secondary N) is 1. The number of aryl methyl sites for hydroxylation is 1. The van der Waals surface area contributed by atoms with Gasteiger partial charge in [0, 0.05) is 27.1 Å². The summed E-state index contributed by atoms with van der Waals surface area (Å²) < 4.78 is 8.25. The molecule has 0 fully saturated rings. The minimum Gasteiger partial charge on any atom is -0.469 e. The van der Waals surface area contributed by atoms with Gasteiger partial charge in [-0.05, 0) is 12.8 Å². The van der Waals surface area contributed by atoms with Crippen LogP contribution in [0.3, 0.4) is 0 Å². The maximum absolute atomic E-state index is 12.3. The number of esters is 1. The summed E-state index contributed by atoms with van der Waals surface area (Å²) in [6, 6.07) is 0. The molecule has 26 heavy (non-hydrogen) atoms. The van der Waals surface area contributed by atoms with E-state index < -0.39 is 11.2 Å². The zero-order valence-corrected chi connectivity index (χ0v) is 15.2. The molecule has 0 unspecified atom stereocenters. The Morgan fingerprint density at radius 1 is 1.15 bits per heavy atom. The summed E-state index contributed by atoms with van der Waals surface area (Å²) in [6.07, 6.45) is 3.99. The molecule has 0 radical (unpaired) electrons. The number of hydrogen-bond acceptors (Lipinski definition) is 6. The first-order valence-electron chi connectivity index (χ1n) is 8.31. The predicted molar refractivity (Wildman–Crippen MR) is 93.7 cm³/mol. The number of aromatic nitrogens is 4. The highest BCUT2D eigenvalue weighted by molar-refractivity contribution is 5.78. The van der Waals surface area contributed by atoms with E-state index in [1.165, 1.54) is 36.7 Å². The van der Waals surface area contributed by atoms with E-state index in [9.17, 15) is 19.2 Å². The molecular formula is C16H23N5O5. The van der Waals surface area contributed by atoms with Crippen LogP contribution >= 0.6 is 0 Å². The molecule has 0 atom stereocenters. The van der Waals surface area contributed by atoms with Crippen LogP contribution in [0.4, 0.5) is 0 Å². The van der Waals surface area contributed by atoms with Crippen LogP contribution in [0.2, 0.25) is 0 Å². The second-order valence-electron chi connectivity index (χ2n) is 5.99. The lowest BCUT2D eigenvalue weighted by Gasteiger charge is -2.08. The molecule has 0 aliphatic rings. The van der Waals surface area contributed by atoms with E-state index in [-0.39, 0.29) is 29.6 Å². The lowest BCUT2D eigenvalue weighted by Crippen LogP contribution is -2.38. The fourth-order valence-electron chi connectivity index (χ4n) is 2.63. The molecule has 142 valence electrons. The molecular weight excluding hydrogens is 342 g/mol. The molecule has 1 N–H and O–H groups in total. The standard InChI is InChI=1S/C16H23N5O5/c1-19-14-13(15(24)20(2)16(19)25)21(10-18-14)9-11(22)17-8-6-4-5-7-12(23)26-3/h10H,4-9H2,1-3H3,(H,17,22). The third-order valence-corrected chi connectivity index (χ3v) is 4.14. The number of unbranched alkanes of at least 4 members (excludes halogenated alkanes) is 2. The zero-order chi connectivity index (χ0) is 19.3. The van der Waals surface area contributed by atoms with Gasteiger partial charge in [-0.25, -0.2) is 9.78 Å². The Kier molecular flexibility index (Phi) is 6.31. The molecule has 1 amide bonds. The van der Waals surface area contributed by atoms with Crippen molar-refractivity contribution in [1.29, 1.82) is 0 Å². The van der Waals surface area contributed by atoms with E-state index in [4.69, 9.17) is 0 Å². The van der Waals surface area contributed by atoms with Gasteiger partial charge in [0.05, 0.1) is 13.4 Å². The first-order chi connectivity index (χ1) is 12.4. The molecule has 10 nitrogen and oxygen atoms in total. The van der Waals surface area contributed by atoms with E-state index >= 15 is 0 Å². The highest BCUT2D eigenvalue weighted by Gasteiger charge is 2.15. The highest BCUT2D eigenvalue weighted by Crippen LogP contribution is 2.05. The van der Waals surface area contributed by atoms with Crippen molar-refractivity contribution in [2.75, 3.05) is 13.7 Å². The molecule has 2 heterocycles. The average molecular weight is 365 g/mol. The van der Waals surface area contributed by atoms with Gasteiger partial charge in [-0.1, -0.05) is 6.42 Å². The third-order valence-electron chi connectivity index (χ3n) is 4.14. The SMILES string of the molecule is COC(=O)CCCCCNC(=O)Cn1cnc2c1c(=O)n(C)c(=O)n2C. The van der Waals surface area contributed by atoms with Gasteiger partial charge in [0.2, 0.25) is 5.91 Å². The van der Waals surface area contributed by atoms with Gasteiger partial charge in [0.15, 0.2) is 11.2 Å². The van der Waals surface area contributed by atoms with Gasteiger partial charge in [-0.3, -0.25) is 23.5 Å². The van der Waals surface area contributed by atoms with Gasteiger partial charge < -0.3 is 14.6 Å². The number of imidazole rings is 1. The van der Waals surface area contributed by atoms with Crippen molar-refractivity contribution in [2.24, 2.45) is 14.1 Å². The Bertz CT molecular complexity index is 923. The Morgan fingerprint density at radius 2 is 1.88 bits per heavy atom. The van der Waals surface area contributed by atoms with Crippen molar-refractivity contribution in [3.8, 4) is 0 Å². The Morgan fingerprint density at radius 3 is 2.58 bits per heavy atom. The van der Waals surface area contributed by atoms with Crippen molar-refractivity contribution in [2.45, 2.75) is 32.2 Å². The van der Waals surface area contributed by atoms with E-state index in [2.05, 4.69) is 15.0 Å². The van der Waals surface area contributed by atoms with Gasteiger partial charge in [0.1, 0.15) is 6.54 Å². The maximum atomic E-state index is 12.3. The van der Waals surface area contributed by atoms with Crippen LogP contribution in [0.1, 0.15) is 25.7 Å². The van der Waals surface area contributed by atoms with E-state index in [0.717, 1.165) is 17.4 Å². The van der Waals surface area contributed by atoms with Crippen LogP contribution in [-0.4, -0.2) is 44.2 Å². The molecule has 2 aromatic rings. The summed E-state index contributed by atoms with van der Waals surface area (Å²) in [6.45, 7) is 0.412. The molecule has 0 aromatic carbocycles. The third kappa shape index (κ3) is 4.19. The number of hydrogen-bond donors (Lipinski definition) is 1. The highest BCUT2D eigenvalue weighted by atomic mass is 16.5. The number of carbonyl (C=O) groups excluding carboxylic acids is 2. The Balaban J connectivity index is 1.93. The van der Waals surface area contributed by atoms with Gasteiger partial charge >= 0.3 is 11.7 Å². The monoisotopic (exact) mass is 365 g/mol. The molecule has 2 rings (SSSR count). The summed E-state index contributed by atoms with van der Waals surface area (Å²) in [7, 11) is 4.26. The van der Waals surface area contributed by atoms with E-state index in [1.54, 1.807) is 0 Å². The van der Waals surface area contributed by atoms with Crippen LogP contribution < -0.4 is 16.6 Å². The van der Waals surface area contributed by atoms with Crippen LogP contribution in [0.15, 0.2) is 15.9 Å². The molecule has 0 bridgehead atoms. The number of rotatable bonds is 8. The number of amides is 1. The lowest BCUT2D eigenvalue weighted by atomic mass is 10.2. The van der Waals surface area contributed by atoms with Crippen LogP contribution in [0.5, 0.6) is 0 Å². The summed E-state index contributed by atoms with van der Waals surface area (Å²) in [5.41, 5.74) is -0.503. The summed E-state index contributed by atoms with van der Waals surface area (Å²) in [5.74, 6) is -0.495. The molecule has 0 aliphatic carbocycles. The zero-order valence-electron chi connectivity index (χ0n) is 15.2. The summed E-state index contributed by atoms with van der Waals surface area (Å²) >= 11 is 0. The van der Waals surface area contributed by atoms with Crippen molar-refractivity contribution in [3.63, 3.8) is 0 Å². The van der Waals surface area contributed by atoms with Crippen LogP contribution in [0.25, 0.3) is 11.2 Å². The van der Waals surface area contributed by atoms with Gasteiger partial charge in [0.25, 0.3) is 5.56 Å². The van der Waals surface area contributed by atoms with Gasteiger partial charge in [-0.15, -0.1) is 0 Å². The molecule has 0 saturated carbocycles. The lowest BCUT2D eigenvalue weighted by molar-refractivity contribution is -0.140. The Hall–Kier alpha value is -2.91. The Labute approximate surface area is 149 Å². The summed E-state index contributed by atoms with van der Waals surface area (Å²) in [4.78, 5) is 51.3. The minimum absolute atomic E-state index is 0.0634. The largest absolute Gasteiger partial charge is 0.469 e.